The van der Waals surface area contributed by atoms with Crippen LogP contribution in [0.4, 0.5) is 0 Å². The van der Waals surface area contributed by atoms with Gasteiger partial charge in [0.1, 0.15) is 18.1 Å². The van der Waals surface area contributed by atoms with E-state index in [2.05, 4.69) is 21.3 Å². The summed E-state index contributed by atoms with van der Waals surface area (Å²) in [5.74, 6) is -3.48. The maximum atomic E-state index is 13.0. The van der Waals surface area contributed by atoms with Crippen LogP contribution < -0.4 is 27.0 Å². The van der Waals surface area contributed by atoms with Gasteiger partial charge >= 0.3 is 11.9 Å². The first-order chi connectivity index (χ1) is 16.2. The Bertz CT molecular complexity index is 703. The molecule has 4 unspecified atom stereocenters. The first-order valence-corrected chi connectivity index (χ1v) is 12.9. The number of nitrogens with one attached hydrogen (secondary N) is 4. The van der Waals surface area contributed by atoms with Gasteiger partial charge < -0.3 is 37.2 Å². The Morgan fingerprint density at radius 2 is 1.62 bits per heavy atom. The zero-order chi connectivity index (χ0) is 25.5. The SMILES string of the molecule is CSCCC(NC(=O)C1CCCN1)C(=O)NC(CCCCN)C(=O)NC(CCC(=O)O)C(=O)O. The number of hydrogen-bond donors (Lipinski definition) is 7. The summed E-state index contributed by atoms with van der Waals surface area (Å²) in [4.78, 5) is 60.6. The van der Waals surface area contributed by atoms with E-state index in [4.69, 9.17) is 10.8 Å². The summed E-state index contributed by atoms with van der Waals surface area (Å²) in [6.07, 6.45) is 4.39. The predicted molar refractivity (Wildman–Crippen MR) is 127 cm³/mol. The van der Waals surface area contributed by atoms with Crippen LogP contribution in [0.15, 0.2) is 0 Å². The van der Waals surface area contributed by atoms with Gasteiger partial charge in [-0.2, -0.15) is 11.8 Å². The van der Waals surface area contributed by atoms with Gasteiger partial charge in [0.25, 0.3) is 0 Å². The van der Waals surface area contributed by atoms with Gasteiger partial charge in [0.2, 0.25) is 17.7 Å². The van der Waals surface area contributed by atoms with Gasteiger partial charge in [0.05, 0.1) is 6.04 Å². The molecule has 1 heterocycles. The molecular formula is C21H37N5O7S. The monoisotopic (exact) mass is 503 g/mol. The number of carboxylic acid groups (broad SMARTS) is 2. The molecule has 0 radical (unpaired) electrons. The zero-order valence-electron chi connectivity index (χ0n) is 19.5. The highest BCUT2D eigenvalue weighted by atomic mass is 32.2. The quantitative estimate of drug-likeness (QED) is 0.121. The van der Waals surface area contributed by atoms with E-state index >= 15 is 0 Å². The third-order valence-electron chi connectivity index (χ3n) is 5.46. The van der Waals surface area contributed by atoms with Crippen LogP contribution in [0.5, 0.6) is 0 Å². The van der Waals surface area contributed by atoms with Crippen molar-refractivity contribution in [3.8, 4) is 0 Å². The normalized spacial score (nSPS) is 17.9. The first-order valence-electron chi connectivity index (χ1n) is 11.5. The second-order valence-electron chi connectivity index (χ2n) is 8.17. The lowest BCUT2D eigenvalue weighted by Crippen LogP contribution is -2.57. The molecule has 0 spiro atoms. The number of carboxylic acids is 2. The molecule has 0 aromatic carbocycles. The third-order valence-corrected chi connectivity index (χ3v) is 6.11. The summed E-state index contributed by atoms with van der Waals surface area (Å²) < 4.78 is 0. The Hall–Kier alpha value is -2.38. The summed E-state index contributed by atoms with van der Waals surface area (Å²) in [6, 6.07) is -3.67. The number of aliphatic carboxylic acids is 2. The number of carbonyl (C=O) groups is 5. The molecule has 13 heteroatoms. The van der Waals surface area contributed by atoms with E-state index in [0.29, 0.717) is 38.0 Å². The van der Waals surface area contributed by atoms with E-state index in [-0.39, 0.29) is 24.8 Å². The molecule has 0 aromatic rings. The number of carbonyl (C=O) groups excluding carboxylic acids is 3. The van der Waals surface area contributed by atoms with Crippen molar-refractivity contribution in [3.05, 3.63) is 0 Å². The Balaban J connectivity index is 2.89. The number of unbranched alkanes of at least 4 members (excludes halogenated alkanes) is 1. The van der Waals surface area contributed by atoms with E-state index in [1.165, 1.54) is 11.8 Å². The van der Waals surface area contributed by atoms with Crippen LogP contribution in [0, 0.1) is 0 Å². The summed E-state index contributed by atoms with van der Waals surface area (Å²) in [7, 11) is 0. The fourth-order valence-corrected chi connectivity index (χ4v) is 3.99. The highest BCUT2D eigenvalue weighted by Gasteiger charge is 2.31. The molecule has 1 aliphatic rings. The van der Waals surface area contributed by atoms with Gasteiger partial charge in [-0.1, -0.05) is 0 Å². The maximum Gasteiger partial charge on any atom is 0.326 e. The lowest BCUT2D eigenvalue weighted by Gasteiger charge is -2.25. The van der Waals surface area contributed by atoms with E-state index < -0.39 is 48.3 Å². The van der Waals surface area contributed by atoms with Crippen LogP contribution >= 0.6 is 11.8 Å². The molecule has 3 amide bonds. The Kier molecular flexibility index (Phi) is 14.2. The highest BCUT2D eigenvalue weighted by Crippen LogP contribution is 2.09. The second kappa shape index (κ2) is 16.3. The summed E-state index contributed by atoms with van der Waals surface area (Å²) in [5, 5.41) is 29.0. The molecule has 8 N–H and O–H groups in total. The molecule has 0 saturated carbocycles. The van der Waals surface area contributed by atoms with Crippen molar-refractivity contribution in [2.24, 2.45) is 5.73 Å². The molecule has 1 fully saturated rings. The number of hydrogen-bond acceptors (Lipinski definition) is 8. The maximum absolute atomic E-state index is 13.0. The molecular weight excluding hydrogens is 466 g/mol. The number of nitrogens with two attached hydrogens (primary N) is 1. The number of thioether (sulfide) groups is 1. The molecule has 1 rings (SSSR count). The summed E-state index contributed by atoms with van der Waals surface area (Å²) in [6.45, 7) is 1.12. The number of amides is 3. The molecule has 194 valence electrons. The highest BCUT2D eigenvalue weighted by molar-refractivity contribution is 7.98. The molecule has 1 aliphatic heterocycles. The molecule has 34 heavy (non-hydrogen) atoms. The van der Waals surface area contributed by atoms with Gasteiger partial charge in [0, 0.05) is 6.42 Å². The minimum absolute atomic E-state index is 0.216. The van der Waals surface area contributed by atoms with Crippen molar-refractivity contribution in [1.82, 2.24) is 21.3 Å². The van der Waals surface area contributed by atoms with Crippen molar-refractivity contribution in [2.45, 2.75) is 75.5 Å². The van der Waals surface area contributed by atoms with Crippen LogP contribution in [-0.4, -0.2) is 89.1 Å². The molecule has 4 atom stereocenters. The van der Waals surface area contributed by atoms with Crippen molar-refractivity contribution in [3.63, 3.8) is 0 Å². The van der Waals surface area contributed by atoms with E-state index in [9.17, 15) is 29.1 Å². The smallest absolute Gasteiger partial charge is 0.326 e. The predicted octanol–water partition coefficient (Wildman–Crippen LogP) is -0.976. The minimum Gasteiger partial charge on any atom is -0.481 e. The molecule has 12 nitrogen and oxygen atoms in total. The molecule has 0 aliphatic carbocycles. The van der Waals surface area contributed by atoms with Crippen LogP contribution in [0.25, 0.3) is 0 Å². The van der Waals surface area contributed by atoms with Gasteiger partial charge in [0.15, 0.2) is 0 Å². The van der Waals surface area contributed by atoms with Crippen molar-refractivity contribution in [1.29, 1.82) is 0 Å². The average Bonchev–Trinajstić information content (AvgIpc) is 3.33. The van der Waals surface area contributed by atoms with Crippen LogP contribution in [0.3, 0.4) is 0 Å². The molecule has 0 bridgehead atoms. The lowest BCUT2D eigenvalue weighted by atomic mass is 10.1. The van der Waals surface area contributed by atoms with Crippen molar-refractivity contribution < 1.29 is 34.2 Å². The van der Waals surface area contributed by atoms with E-state index in [1.54, 1.807) is 0 Å². The Morgan fingerprint density at radius 3 is 2.15 bits per heavy atom. The molecule has 1 saturated heterocycles. The Morgan fingerprint density at radius 1 is 0.971 bits per heavy atom. The average molecular weight is 504 g/mol. The minimum atomic E-state index is -1.40. The van der Waals surface area contributed by atoms with Crippen LogP contribution in [-0.2, 0) is 24.0 Å². The fourth-order valence-electron chi connectivity index (χ4n) is 3.52. The summed E-state index contributed by atoms with van der Waals surface area (Å²) in [5.41, 5.74) is 5.52. The fraction of sp³-hybridized carbons (Fsp3) is 0.762. The summed E-state index contributed by atoms with van der Waals surface area (Å²) >= 11 is 1.51. The molecule has 0 aromatic heterocycles. The van der Waals surface area contributed by atoms with E-state index in [1.807, 2.05) is 6.26 Å². The second-order valence-corrected chi connectivity index (χ2v) is 9.15. The first kappa shape index (κ1) is 29.7. The Labute approximate surface area is 203 Å². The topological polar surface area (TPSA) is 200 Å². The third kappa shape index (κ3) is 11.2. The standard InChI is InChI=1S/C21H37N5O7S/c1-34-12-9-15(25-18(29)13-6-4-11-23-13)20(31)24-14(5-2-3-10-22)19(30)26-16(21(32)33)7-8-17(27)28/h13-16,23H,2-12,22H2,1H3,(H,24,31)(H,25,29)(H,26,30)(H,27,28)(H,32,33). The number of rotatable bonds is 17. The van der Waals surface area contributed by atoms with E-state index in [0.717, 1.165) is 13.0 Å². The largest absolute Gasteiger partial charge is 0.481 e. The van der Waals surface area contributed by atoms with Crippen LogP contribution in [0.2, 0.25) is 0 Å². The van der Waals surface area contributed by atoms with Crippen molar-refractivity contribution >= 4 is 41.4 Å². The van der Waals surface area contributed by atoms with Crippen molar-refractivity contribution in [2.75, 3.05) is 25.1 Å². The van der Waals surface area contributed by atoms with Gasteiger partial charge in [-0.15, -0.1) is 0 Å². The lowest BCUT2D eigenvalue weighted by molar-refractivity contribution is -0.143. The van der Waals surface area contributed by atoms with Gasteiger partial charge in [-0.05, 0) is 70.0 Å². The van der Waals surface area contributed by atoms with Gasteiger partial charge in [-0.3, -0.25) is 19.2 Å². The zero-order valence-corrected chi connectivity index (χ0v) is 20.3. The van der Waals surface area contributed by atoms with Gasteiger partial charge in [-0.25, -0.2) is 4.79 Å². The van der Waals surface area contributed by atoms with Crippen LogP contribution in [0.1, 0.15) is 51.4 Å².